The van der Waals surface area contributed by atoms with Gasteiger partial charge >= 0.3 is 0 Å². The standard InChI is InChI=1S/C14H18N6/c1-4-10-7-16-18-12(10)8-15-13-6-5-11-9(2)19-20(3)14(11)17-13/h5-7H,4,8H2,1-3H3,(H,15,17)(H,16,18). The molecule has 0 aliphatic rings. The van der Waals surface area contributed by atoms with Gasteiger partial charge in [-0.15, -0.1) is 0 Å². The molecule has 0 fully saturated rings. The molecule has 3 aromatic rings. The van der Waals surface area contributed by atoms with Gasteiger partial charge in [0.25, 0.3) is 0 Å². The minimum atomic E-state index is 0.693. The summed E-state index contributed by atoms with van der Waals surface area (Å²) in [4.78, 5) is 4.61. The number of rotatable bonds is 4. The Morgan fingerprint density at radius 3 is 3.00 bits per heavy atom. The molecule has 0 radical (unpaired) electrons. The van der Waals surface area contributed by atoms with Crippen molar-refractivity contribution in [3.63, 3.8) is 0 Å². The molecule has 6 heteroatoms. The first-order valence-corrected chi connectivity index (χ1v) is 6.74. The minimum Gasteiger partial charge on any atom is -0.364 e. The lowest BCUT2D eigenvalue weighted by molar-refractivity contribution is 0.774. The largest absolute Gasteiger partial charge is 0.364 e. The Hall–Kier alpha value is -2.37. The van der Waals surface area contributed by atoms with Crippen LogP contribution in [0.4, 0.5) is 5.82 Å². The van der Waals surface area contributed by atoms with Crippen molar-refractivity contribution in [3.05, 3.63) is 35.3 Å². The smallest absolute Gasteiger partial charge is 0.160 e. The van der Waals surface area contributed by atoms with Crippen molar-refractivity contribution in [1.29, 1.82) is 0 Å². The lowest BCUT2D eigenvalue weighted by Gasteiger charge is -2.06. The number of hydrogen-bond acceptors (Lipinski definition) is 4. The fourth-order valence-corrected chi connectivity index (χ4v) is 2.38. The van der Waals surface area contributed by atoms with Gasteiger partial charge in [0.05, 0.1) is 24.1 Å². The summed E-state index contributed by atoms with van der Waals surface area (Å²) in [6.07, 6.45) is 2.85. The summed E-state index contributed by atoms with van der Waals surface area (Å²) in [6.45, 7) is 4.81. The Morgan fingerprint density at radius 2 is 2.20 bits per heavy atom. The highest BCUT2D eigenvalue weighted by Gasteiger charge is 2.08. The van der Waals surface area contributed by atoms with E-state index in [2.05, 4.69) is 38.6 Å². The fraction of sp³-hybridized carbons (Fsp3) is 0.357. The molecule has 0 atom stereocenters. The normalized spacial score (nSPS) is 11.2. The van der Waals surface area contributed by atoms with E-state index in [0.29, 0.717) is 6.54 Å². The highest BCUT2D eigenvalue weighted by atomic mass is 15.3. The first-order valence-electron chi connectivity index (χ1n) is 6.74. The summed E-state index contributed by atoms with van der Waals surface area (Å²) in [7, 11) is 1.91. The quantitative estimate of drug-likeness (QED) is 0.762. The van der Waals surface area contributed by atoms with Crippen molar-refractivity contribution in [2.75, 3.05) is 5.32 Å². The van der Waals surface area contributed by atoms with Gasteiger partial charge in [-0.05, 0) is 31.0 Å². The fourth-order valence-electron chi connectivity index (χ4n) is 2.38. The second kappa shape index (κ2) is 4.96. The van der Waals surface area contributed by atoms with Gasteiger partial charge in [0.1, 0.15) is 5.82 Å². The summed E-state index contributed by atoms with van der Waals surface area (Å²) >= 11 is 0. The number of nitrogens with one attached hydrogen (secondary N) is 2. The second-order valence-electron chi connectivity index (χ2n) is 4.86. The van der Waals surface area contributed by atoms with Crippen LogP contribution in [0.2, 0.25) is 0 Å². The maximum absolute atomic E-state index is 4.61. The third kappa shape index (κ3) is 2.13. The summed E-state index contributed by atoms with van der Waals surface area (Å²) in [5.74, 6) is 0.845. The van der Waals surface area contributed by atoms with Gasteiger partial charge in [-0.1, -0.05) is 6.92 Å². The SMILES string of the molecule is CCc1cn[nH]c1CNc1ccc2c(C)nn(C)c2n1. The number of anilines is 1. The number of pyridine rings is 1. The summed E-state index contributed by atoms with van der Waals surface area (Å²) in [6, 6.07) is 4.04. The number of nitrogens with zero attached hydrogens (tertiary/aromatic N) is 4. The van der Waals surface area contributed by atoms with Gasteiger partial charge in [-0.25, -0.2) is 4.98 Å². The first kappa shape index (κ1) is 12.7. The van der Waals surface area contributed by atoms with Gasteiger partial charge in [0.15, 0.2) is 5.65 Å². The minimum absolute atomic E-state index is 0.693. The number of hydrogen-bond donors (Lipinski definition) is 2. The van der Waals surface area contributed by atoms with Gasteiger partial charge in [0, 0.05) is 12.4 Å². The van der Waals surface area contributed by atoms with Crippen LogP contribution in [0, 0.1) is 6.92 Å². The number of aromatic amines is 1. The molecular weight excluding hydrogens is 252 g/mol. The highest BCUT2D eigenvalue weighted by Crippen LogP contribution is 2.18. The van der Waals surface area contributed by atoms with Crippen molar-refractivity contribution in [2.45, 2.75) is 26.8 Å². The zero-order valence-electron chi connectivity index (χ0n) is 11.9. The Kier molecular flexibility index (Phi) is 3.14. The lowest BCUT2D eigenvalue weighted by atomic mass is 10.2. The van der Waals surface area contributed by atoms with E-state index in [9.17, 15) is 0 Å². The van der Waals surface area contributed by atoms with Crippen molar-refractivity contribution in [3.8, 4) is 0 Å². The van der Waals surface area contributed by atoms with Crippen LogP contribution in [0.1, 0.15) is 23.9 Å². The molecule has 0 amide bonds. The Labute approximate surface area is 117 Å². The molecule has 3 rings (SSSR count). The van der Waals surface area contributed by atoms with Crippen molar-refractivity contribution in [2.24, 2.45) is 7.05 Å². The molecule has 20 heavy (non-hydrogen) atoms. The van der Waals surface area contributed by atoms with E-state index < -0.39 is 0 Å². The van der Waals surface area contributed by atoms with Crippen molar-refractivity contribution >= 4 is 16.9 Å². The topological polar surface area (TPSA) is 71.4 Å². The van der Waals surface area contributed by atoms with E-state index in [0.717, 1.165) is 34.7 Å². The average molecular weight is 270 g/mol. The van der Waals surface area contributed by atoms with Gasteiger partial charge in [0.2, 0.25) is 0 Å². The lowest BCUT2D eigenvalue weighted by Crippen LogP contribution is -2.04. The highest BCUT2D eigenvalue weighted by molar-refractivity contribution is 5.79. The van der Waals surface area contributed by atoms with Crippen LogP contribution in [-0.2, 0) is 20.0 Å². The van der Waals surface area contributed by atoms with E-state index >= 15 is 0 Å². The van der Waals surface area contributed by atoms with Crippen molar-refractivity contribution < 1.29 is 0 Å². The number of aromatic nitrogens is 5. The molecule has 0 saturated carbocycles. The molecule has 0 spiro atoms. The number of H-pyrrole nitrogens is 1. The molecule has 3 aromatic heterocycles. The van der Waals surface area contributed by atoms with E-state index in [1.165, 1.54) is 5.56 Å². The van der Waals surface area contributed by atoms with Gasteiger partial charge in [-0.3, -0.25) is 9.78 Å². The van der Waals surface area contributed by atoms with Crippen LogP contribution in [0.25, 0.3) is 11.0 Å². The molecule has 0 bridgehead atoms. The average Bonchev–Trinajstić information content (AvgIpc) is 3.02. The zero-order valence-corrected chi connectivity index (χ0v) is 11.9. The van der Waals surface area contributed by atoms with E-state index in [4.69, 9.17) is 0 Å². The maximum Gasteiger partial charge on any atom is 0.160 e. The molecule has 6 nitrogen and oxygen atoms in total. The summed E-state index contributed by atoms with van der Waals surface area (Å²) in [5.41, 5.74) is 4.24. The molecule has 104 valence electrons. The third-order valence-corrected chi connectivity index (χ3v) is 3.51. The molecule has 0 aliphatic carbocycles. The second-order valence-corrected chi connectivity index (χ2v) is 4.86. The first-order chi connectivity index (χ1) is 9.69. The molecule has 0 unspecified atom stereocenters. The van der Waals surface area contributed by atoms with E-state index in [1.54, 1.807) is 0 Å². The Balaban J connectivity index is 1.83. The van der Waals surface area contributed by atoms with Crippen LogP contribution in [0.5, 0.6) is 0 Å². The molecule has 0 aromatic carbocycles. The van der Waals surface area contributed by atoms with Gasteiger partial charge < -0.3 is 5.32 Å². The van der Waals surface area contributed by atoms with Crippen LogP contribution < -0.4 is 5.32 Å². The number of fused-ring (bicyclic) bond motifs is 1. The zero-order chi connectivity index (χ0) is 14.1. The van der Waals surface area contributed by atoms with Crippen LogP contribution in [0.15, 0.2) is 18.3 Å². The summed E-state index contributed by atoms with van der Waals surface area (Å²) in [5, 5.41) is 15.9. The van der Waals surface area contributed by atoms with Crippen LogP contribution in [-0.4, -0.2) is 25.0 Å². The predicted octanol–water partition coefficient (Wildman–Crippen LogP) is 2.17. The van der Waals surface area contributed by atoms with Crippen LogP contribution in [0.3, 0.4) is 0 Å². The Bertz CT molecular complexity index is 739. The van der Waals surface area contributed by atoms with Gasteiger partial charge in [-0.2, -0.15) is 10.2 Å². The van der Waals surface area contributed by atoms with E-state index in [1.807, 2.05) is 30.9 Å². The molecule has 2 N–H and O–H groups in total. The maximum atomic E-state index is 4.61. The summed E-state index contributed by atoms with van der Waals surface area (Å²) < 4.78 is 1.81. The molecule has 3 heterocycles. The van der Waals surface area contributed by atoms with Crippen LogP contribution >= 0.6 is 0 Å². The third-order valence-electron chi connectivity index (χ3n) is 3.51. The molecular formula is C14H18N6. The Morgan fingerprint density at radius 1 is 1.35 bits per heavy atom. The number of aryl methyl sites for hydroxylation is 3. The molecule has 0 saturated heterocycles. The van der Waals surface area contributed by atoms with Crippen molar-refractivity contribution in [1.82, 2.24) is 25.0 Å². The predicted molar refractivity (Wildman–Crippen MR) is 78.5 cm³/mol. The molecule has 0 aliphatic heterocycles. The van der Waals surface area contributed by atoms with E-state index in [-0.39, 0.29) is 0 Å². The monoisotopic (exact) mass is 270 g/mol.